The van der Waals surface area contributed by atoms with E-state index in [1.54, 1.807) is 0 Å². The lowest BCUT2D eigenvalue weighted by Crippen LogP contribution is -2.44. The lowest BCUT2D eigenvalue weighted by molar-refractivity contribution is -0.140. The summed E-state index contributed by atoms with van der Waals surface area (Å²) in [4.78, 5) is 13.6. The van der Waals surface area contributed by atoms with Gasteiger partial charge in [-0.15, -0.1) is 0 Å². The average molecular weight is 272 g/mol. The van der Waals surface area contributed by atoms with Gasteiger partial charge in [0.2, 0.25) is 0 Å². The highest BCUT2D eigenvalue weighted by atomic mass is 16.4. The summed E-state index contributed by atoms with van der Waals surface area (Å²) in [6.45, 7) is 15.7. The van der Waals surface area contributed by atoms with Gasteiger partial charge in [-0.05, 0) is 18.3 Å². The molecule has 0 aromatic carbocycles. The highest BCUT2D eigenvalue weighted by Gasteiger charge is 2.19. The molecule has 0 aromatic heterocycles. The standard InChI is InChI=1S/C15H32N2O2/c1-11(2)9-17(10-12(3)4)8-7-14(15(18)19)16-13(5)6/h11-14,16H,7-10H2,1-6H3,(H,18,19). The van der Waals surface area contributed by atoms with Crippen molar-refractivity contribution in [1.82, 2.24) is 10.2 Å². The SMILES string of the molecule is CC(C)CN(CCC(NC(C)C)C(=O)O)CC(C)C. The molecule has 4 heteroatoms. The summed E-state index contributed by atoms with van der Waals surface area (Å²) in [5.41, 5.74) is 0. The van der Waals surface area contributed by atoms with Crippen LogP contribution in [0, 0.1) is 11.8 Å². The summed E-state index contributed by atoms with van der Waals surface area (Å²) in [6.07, 6.45) is 0.660. The Morgan fingerprint density at radius 2 is 1.53 bits per heavy atom. The Balaban J connectivity index is 4.35. The molecular weight excluding hydrogens is 240 g/mol. The van der Waals surface area contributed by atoms with Gasteiger partial charge in [0.15, 0.2) is 0 Å². The molecule has 0 bridgehead atoms. The number of hydrogen-bond donors (Lipinski definition) is 2. The zero-order valence-electron chi connectivity index (χ0n) is 13.4. The smallest absolute Gasteiger partial charge is 0.320 e. The van der Waals surface area contributed by atoms with E-state index in [0.29, 0.717) is 18.3 Å². The van der Waals surface area contributed by atoms with E-state index in [1.807, 2.05) is 13.8 Å². The van der Waals surface area contributed by atoms with Crippen LogP contribution in [0.2, 0.25) is 0 Å². The fourth-order valence-corrected chi connectivity index (χ4v) is 2.28. The fraction of sp³-hybridized carbons (Fsp3) is 0.933. The minimum atomic E-state index is -0.747. The van der Waals surface area contributed by atoms with Gasteiger partial charge in [0.1, 0.15) is 6.04 Å². The molecule has 0 saturated heterocycles. The normalized spacial score (nSPS) is 13.8. The Morgan fingerprint density at radius 3 is 1.84 bits per heavy atom. The van der Waals surface area contributed by atoms with E-state index in [0.717, 1.165) is 19.6 Å². The number of aliphatic carboxylic acids is 1. The first-order chi connectivity index (χ1) is 8.72. The highest BCUT2D eigenvalue weighted by molar-refractivity contribution is 5.73. The lowest BCUT2D eigenvalue weighted by Gasteiger charge is -2.28. The van der Waals surface area contributed by atoms with Crippen LogP contribution >= 0.6 is 0 Å². The summed E-state index contributed by atoms with van der Waals surface area (Å²) in [7, 11) is 0. The van der Waals surface area contributed by atoms with Crippen molar-refractivity contribution >= 4 is 5.97 Å². The third-order valence-electron chi connectivity index (χ3n) is 2.81. The van der Waals surface area contributed by atoms with Gasteiger partial charge in [-0.3, -0.25) is 4.79 Å². The highest BCUT2D eigenvalue weighted by Crippen LogP contribution is 2.06. The van der Waals surface area contributed by atoms with Crippen molar-refractivity contribution < 1.29 is 9.90 Å². The van der Waals surface area contributed by atoms with Gasteiger partial charge < -0.3 is 15.3 Å². The number of hydrogen-bond acceptors (Lipinski definition) is 3. The molecule has 0 saturated carbocycles. The molecule has 0 aliphatic heterocycles. The third-order valence-corrected chi connectivity index (χ3v) is 2.81. The van der Waals surface area contributed by atoms with Crippen LogP contribution in [0.1, 0.15) is 48.0 Å². The fourth-order valence-electron chi connectivity index (χ4n) is 2.28. The van der Waals surface area contributed by atoms with E-state index >= 15 is 0 Å². The van der Waals surface area contributed by atoms with Gasteiger partial charge >= 0.3 is 5.97 Å². The van der Waals surface area contributed by atoms with Crippen molar-refractivity contribution in [3.05, 3.63) is 0 Å². The van der Waals surface area contributed by atoms with Gasteiger partial charge in [-0.2, -0.15) is 0 Å². The first-order valence-electron chi connectivity index (χ1n) is 7.43. The molecule has 4 nitrogen and oxygen atoms in total. The topological polar surface area (TPSA) is 52.6 Å². The second-order valence-electron chi connectivity index (χ2n) is 6.55. The van der Waals surface area contributed by atoms with E-state index in [9.17, 15) is 9.90 Å². The molecule has 19 heavy (non-hydrogen) atoms. The number of carboxylic acids is 1. The average Bonchev–Trinajstić information content (AvgIpc) is 2.21. The summed E-state index contributed by atoms with van der Waals surface area (Å²) >= 11 is 0. The molecule has 114 valence electrons. The van der Waals surface area contributed by atoms with Crippen LogP contribution in [0.25, 0.3) is 0 Å². The molecule has 0 aromatic rings. The molecule has 0 aliphatic rings. The number of nitrogens with zero attached hydrogens (tertiary/aromatic N) is 1. The first kappa shape index (κ1) is 18.4. The molecule has 0 aliphatic carbocycles. The van der Waals surface area contributed by atoms with Gasteiger partial charge in [0.25, 0.3) is 0 Å². The van der Waals surface area contributed by atoms with Crippen molar-refractivity contribution in [3.8, 4) is 0 Å². The molecule has 0 heterocycles. The minimum absolute atomic E-state index is 0.199. The van der Waals surface area contributed by atoms with Crippen molar-refractivity contribution in [2.45, 2.75) is 60.0 Å². The van der Waals surface area contributed by atoms with Gasteiger partial charge in [0, 0.05) is 25.7 Å². The molecule has 1 unspecified atom stereocenters. The summed E-state index contributed by atoms with van der Waals surface area (Å²) in [6, 6.07) is -0.244. The third kappa shape index (κ3) is 9.91. The maximum Gasteiger partial charge on any atom is 0.320 e. The number of rotatable bonds is 10. The Bertz CT molecular complexity index is 243. The Hall–Kier alpha value is -0.610. The maximum absolute atomic E-state index is 11.2. The van der Waals surface area contributed by atoms with Crippen LogP contribution in [0.4, 0.5) is 0 Å². The second kappa shape index (κ2) is 9.32. The Kier molecular flexibility index (Phi) is 9.02. The van der Waals surface area contributed by atoms with Crippen molar-refractivity contribution in [2.24, 2.45) is 11.8 Å². The van der Waals surface area contributed by atoms with Crippen LogP contribution < -0.4 is 5.32 Å². The predicted octanol–water partition coefficient (Wildman–Crippen LogP) is 2.44. The van der Waals surface area contributed by atoms with E-state index in [1.165, 1.54) is 0 Å². The van der Waals surface area contributed by atoms with Crippen LogP contribution in [0.5, 0.6) is 0 Å². The van der Waals surface area contributed by atoms with Crippen molar-refractivity contribution in [1.29, 1.82) is 0 Å². The molecule has 0 spiro atoms. The zero-order chi connectivity index (χ0) is 15.0. The van der Waals surface area contributed by atoms with Crippen LogP contribution in [-0.4, -0.2) is 47.7 Å². The van der Waals surface area contributed by atoms with Gasteiger partial charge in [-0.1, -0.05) is 41.5 Å². The molecule has 0 fully saturated rings. The van der Waals surface area contributed by atoms with Crippen LogP contribution in [0.15, 0.2) is 0 Å². The first-order valence-corrected chi connectivity index (χ1v) is 7.43. The zero-order valence-corrected chi connectivity index (χ0v) is 13.4. The summed E-state index contributed by atoms with van der Waals surface area (Å²) in [5, 5.41) is 12.3. The largest absolute Gasteiger partial charge is 0.480 e. The number of carboxylic acid groups (broad SMARTS) is 1. The molecule has 0 radical (unpaired) electrons. The lowest BCUT2D eigenvalue weighted by atomic mass is 10.1. The van der Waals surface area contributed by atoms with Crippen molar-refractivity contribution in [2.75, 3.05) is 19.6 Å². The predicted molar refractivity (Wildman–Crippen MR) is 80.4 cm³/mol. The van der Waals surface area contributed by atoms with Crippen molar-refractivity contribution in [3.63, 3.8) is 0 Å². The quantitative estimate of drug-likeness (QED) is 0.641. The van der Waals surface area contributed by atoms with Gasteiger partial charge in [0.05, 0.1) is 0 Å². The minimum Gasteiger partial charge on any atom is -0.480 e. The van der Waals surface area contributed by atoms with Crippen LogP contribution in [-0.2, 0) is 4.79 Å². The van der Waals surface area contributed by atoms with E-state index in [-0.39, 0.29) is 6.04 Å². The second-order valence-corrected chi connectivity index (χ2v) is 6.55. The van der Waals surface area contributed by atoms with E-state index < -0.39 is 12.0 Å². The maximum atomic E-state index is 11.2. The van der Waals surface area contributed by atoms with Crippen LogP contribution in [0.3, 0.4) is 0 Å². The van der Waals surface area contributed by atoms with E-state index in [2.05, 4.69) is 37.9 Å². The summed E-state index contributed by atoms with van der Waals surface area (Å²) < 4.78 is 0. The Morgan fingerprint density at radius 1 is 1.05 bits per heavy atom. The summed E-state index contributed by atoms with van der Waals surface area (Å²) in [5.74, 6) is 0.475. The molecule has 2 N–H and O–H groups in total. The monoisotopic (exact) mass is 272 g/mol. The molecule has 1 atom stereocenters. The number of nitrogens with one attached hydrogen (secondary N) is 1. The van der Waals surface area contributed by atoms with Gasteiger partial charge in [-0.25, -0.2) is 0 Å². The van der Waals surface area contributed by atoms with E-state index in [4.69, 9.17) is 0 Å². The molecule has 0 rings (SSSR count). The molecule has 0 amide bonds. The Labute approximate surface area is 118 Å². The molecular formula is C15H32N2O2. The number of carbonyl (C=O) groups is 1.